The highest BCUT2D eigenvalue weighted by Crippen LogP contribution is 2.50. The average Bonchev–Trinajstić information content (AvgIpc) is 3.35. The van der Waals surface area contributed by atoms with Gasteiger partial charge in [-0.2, -0.15) is 10.4 Å². The van der Waals surface area contributed by atoms with Gasteiger partial charge in [-0.15, -0.1) is 0 Å². The van der Waals surface area contributed by atoms with Gasteiger partial charge in [0.1, 0.15) is 35.4 Å². The lowest BCUT2D eigenvalue weighted by molar-refractivity contribution is -0.846. The van der Waals surface area contributed by atoms with E-state index in [1.165, 1.54) is 6.33 Å². The summed E-state index contributed by atoms with van der Waals surface area (Å²) in [6, 6.07) is 1.25. The fourth-order valence-corrected chi connectivity index (χ4v) is 6.18. The number of amides is 1. The van der Waals surface area contributed by atoms with Crippen LogP contribution in [0.1, 0.15) is 46.5 Å². The first-order chi connectivity index (χ1) is 13.9. The Morgan fingerprint density at radius 2 is 2.13 bits per heavy atom. The first-order valence-corrected chi connectivity index (χ1v) is 11.8. The molecule has 1 aromatic heterocycles. The Bertz CT molecular complexity index is 925. The Kier molecular flexibility index (Phi) is 6.08. The zero-order valence-corrected chi connectivity index (χ0v) is 18.6. The maximum atomic E-state index is 13.2. The van der Waals surface area contributed by atoms with Crippen molar-refractivity contribution < 1.29 is 22.2 Å². The van der Waals surface area contributed by atoms with Crippen molar-refractivity contribution in [3.8, 4) is 6.07 Å². The number of likely N-dealkylation sites (tertiary alicyclic amines) is 1. The molecule has 0 radical (unpaired) electrons. The molecule has 1 N–H and O–H groups in total. The molecule has 1 aliphatic carbocycles. The summed E-state index contributed by atoms with van der Waals surface area (Å²) in [4.78, 5) is 17.2. The van der Waals surface area contributed by atoms with E-state index in [0.717, 1.165) is 19.4 Å². The molecule has 1 saturated carbocycles. The molecule has 166 valence electrons. The fraction of sp³-hybridized carbons (Fsp3) is 0.789. The van der Waals surface area contributed by atoms with Gasteiger partial charge in [0.05, 0.1) is 6.54 Å². The van der Waals surface area contributed by atoms with Crippen LogP contribution in [0, 0.1) is 22.7 Å². The molecule has 4 atom stereocenters. The van der Waals surface area contributed by atoms with E-state index >= 15 is 0 Å². The van der Waals surface area contributed by atoms with Gasteiger partial charge in [-0.3, -0.25) is 10.00 Å². The minimum absolute atomic E-state index is 0.0797. The van der Waals surface area contributed by atoms with E-state index in [2.05, 4.69) is 36.2 Å². The molecular formula is C19H30N6O4S. The van der Waals surface area contributed by atoms with Gasteiger partial charge in [0.25, 0.3) is 0 Å². The molecule has 1 aromatic rings. The van der Waals surface area contributed by atoms with Crippen LogP contribution in [-0.2, 0) is 21.5 Å². The predicted octanol–water partition coefficient (Wildman–Crippen LogP) is 0.595. The lowest BCUT2D eigenvalue weighted by Gasteiger charge is -2.43. The Hall–Kier alpha value is -1.87. The van der Waals surface area contributed by atoms with E-state index in [0.29, 0.717) is 18.8 Å². The second-order valence-corrected chi connectivity index (χ2v) is 10.8. The molecule has 0 spiro atoms. The van der Waals surface area contributed by atoms with Gasteiger partial charge in [-0.1, -0.05) is 13.8 Å². The summed E-state index contributed by atoms with van der Waals surface area (Å²) in [7, 11) is -4.66. The molecule has 1 unspecified atom stereocenters. The number of hydrogen-bond donors (Lipinski definition) is 1. The monoisotopic (exact) mass is 438 g/mol. The molecule has 2 fully saturated rings. The summed E-state index contributed by atoms with van der Waals surface area (Å²) >= 11 is 0. The maximum absolute atomic E-state index is 13.2. The SMILES string of the molecule is CC1(C)[C@@H](Cn2cncn2)CC[C@@]1(C)NCC(=O)[N@+]1(CS(=O)(=O)[O-])CCCC1C#N. The minimum Gasteiger partial charge on any atom is -0.744 e. The Labute approximate surface area is 177 Å². The zero-order chi connectivity index (χ0) is 22.2. The van der Waals surface area contributed by atoms with Crippen molar-refractivity contribution in [1.29, 1.82) is 5.26 Å². The maximum Gasteiger partial charge on any atom is 0.329 e. The molecule has 0 aromatic carbocycles. The van der Waals surface area contributed by atoms with E-state index in [1.807, 2.05) is 10.8 Å². The third-order valence-electron chi connectivity index (χ3n) is 7.60. The molecule has 1 saturated heterocycles. The van der Waals surface area contributed by atoms with E-state index < -0.39 is 32.4 Å². The van der Waals surface area contributed by atoms with Crippen LogP contribution in [-0.4, -0.2) is 68.7 Å². The summed E-state index contributed by atoms with van der Waals surface area (Å²) in [5, 5.41) is 17.0. The second-order valence-electron chi connectivity index (χ2n) is 9.39. The van der Waals surface area contributed by atoms with E-state index in [9.17, 15) is 23.0 Å². The summed E-state index contributed by atoms with van der Waals surface area (Å²) in [6.07, 6.45) is 5.94. The van der Waals surface area contributed by atoms with Crippen molar-refractivity contribution in [2.45, 2.75) is 64.6 Å². The van der Waals surface area contributed by atoms with Gasteiger partial charge in [-0.25, -0.2) is 22.7 Å². The number of nitrogens with zero attached hydrogens (tertiary/aromatic N) is 5. The summed E-state index contributed by atoms with van der Waals surface area (Å²) in [6.45, 7) is 7.23. The Balaban J connectivity index is 1.74. The number of carbonyl (C=O) groups is 1. The van der Waals surface area contributed by atoms with Crippen LogP contribution in [0.3, 0.4) is 0 Å². The van der Waals surface area contributed by atoms with Crippen LogP contribution in [0.4, 0.5) is 0 Å². The van der Waals surface area contributed by atoms with Gasteiger partial charge < -0.3 is 4.55 Å². The van der Waals surface area contributed by atoms with Crippen molar-refractivity contribution in [3.05, 3.63) is 12.7 Å². The van der Waals surface area contributed by atoms with Crippen LogP contribution in [0.2, 0.25) is 0 Å². The molecule has 2 aliphatic rings. The number of aromatic nitrogens is 3. The van der Waals surface area contributed by atoms with Gasteiger partial charge in [0.15, 0.2) is 11.9 Å². The third-order valence-corrected chi connectivity index (χ3v) is 8.38. The van der Waals surface area contributed by atoms with Crippen LogP contribution in [0.5, 0.6) is 0 Å². The number of nitrogens with one attached hydrogen (secondary N) is 1. The van der Waals surface area contributed by atoms with Crippen LogP contribution in [0.15, 0.2) is 12.7 Å². The predicted molar refractivity (Wildman–Crippen MR) is 106 cm³/mol. The van der Waals surface area contributed by atoms with Crippen LogP contribution >= 0.6 is 0 Å². The number of rotatable bonds is 7. The lowest BCUT2D eigenvalue weighted by atomic mass is 9.71. The highest BCUT2D eigenvalue weighted by Gasteiger charge is 2.54. The summed E-state index contributed by atoms with van der Waals surface area (Å²) < 4.78 is 35.8. The van der Waals surface area contributed by atoms with E-state index in [1.54, 1.807) is 6.33 Å². The summed E-state index contributed by atoms with van der Waals surface area (Å²) in [5.41, 5.74) is -0.537. The van der Waals surface area contributed by atoms with E-state index in [-0.39, 0.29) is 24.0 Å². The minimum atomic E-state index is -4.66. The zero-order valence-electron chi connectivity index (χ0n) is 17.7. The smallest absolute Gasteiger partial charge is 0.329 e. The number of nitriles is 1. The van der Waals surface area contributed by atoms with Crippen molar-refractivity contribution in [2.24, 2.45) is 11.3 Å². The molecule has 10 nitrogen and oxygen atoms in total. The summed E-state index contributed by atoms with van der Waals surface area (Å²) in [5.74, 6) is -0.952. The van der Waals surface area contributed by atoms with Gasteiger partial charge >= 0.3 is 5.91 Å². The molecular weight excluding hydrogens is 408 g/mol. The molecule has 1 amide bonds. The molecule has 3 rings (SSSR count). The lowest BCUT2D eigenvalue weighted by Crippen LogP contribution is -2.63. The largest absolute Gasteiger partial charge is 0.744 e. The molecule has 2 heterocycles. The molecule has 1 aliphatic heterocycles. The molecule has 11 heteroatoms. The second kappa shape index (κ2) is 8.00. The number of hydrogen-bond acceptors (Lipinski definition) is 8. The molecule has 30 heavy (non-hydrogen) atoms. The number of carbonyl (C=O) groups excluding carboxylic acids is 1. The third kappa shape index (κ3) is 4.14. The van der Waals surface area contributed by atoms with E-state index in [4.69, 9.17) is 0 Å². The standard InChI is InChI=1S/C19H30N6O4S/c1-18(2)15(11-24-13-21-12-23-24)6-7-19(18,3)22-10-17(26)25(14-30(27,28)29)8-4-5-16(25)9-20/h12-13,15-16,22H,4-8,10-11,14H2,1-3H3/t15-,16?,19-,25+/m1/s1. The highest BCUT2D eigenvalue weighted by atomic mass is 32.2. The van der Waals surface area contributed by atoms with Gasteiger partial charge in [0, 0.05) is 24.9 Å². The van der Waals surface area contributed by atoms with Crippen molar-refractivity contribution in [1.82, 2.24) is 20.1 Å². The number of quaternary nitrogens is 1. The van der Waals surface area contributed by atoms with Crippen molar-refractivity contribution in [2.75, 3.05) is 19.0 Å². The Morgan fingerprint density at radius 1 is 1.40 bits per heavy atom. The Morgan fingerprint density at radius 3 is 2.73 bits per heavy atom. The first kappa shape index (κ1) is 22.8. The normalized spacial score (nSPS) is 33.4. The quantitative estimate of drug-likeness (QED) is 0.482. The fourth-order valence-electron chi connectivity index (χ4n) is 5.17. The average molecular weight is 439 g/mol. The van der Waals surface area contributed by atoms with Crippen LogP contribution < -0.4 is 5.32 Å². The highest BCUT2D eigenvalue weighted by molar-refractivity contribution is 7.85. The van der Waals surface area contributed by atoms with Crippen molar-refractivity contribution in [3.63, 3.8) is 0 Å². The van der Waals surface area contributed by atoms with Gasteiger partial charge in [-0.05, 0) is 31.1 Å². The topological polar surface area (TPSA) is 141 Å². The molecule has 0 bridgehead atoms. The first-order valence-electron chi connectivity index (χ1n) is 10.2. The van der Waals surface area contributed by atoms with Gasteiger partial charge in [0.2, 0.25) is 0 Å². The van der Waals surface area contributed by atoms with Crippen molar-refractivity contribution >= 4 is 16.0 Å². The van der Waals surface area contributed by atoms with Crippen LogP contribution in [0.25, 0.3) is 0 Å².